The Morgan fingerprint density at radius 1 is 0.457 bits per heavy atom. The maximum Gasteiger partial charge on any atom is 0.397 e. The summed E-state index contributed by atoms with van der Waals surface area (Å²) in [6, 6.07) is 7.77. The summed E-state index contributed by atoms with van der Waals surface area (Å²) >= 11 is 0. The van der Waals surface area contributed by atoms with Crippen molar-refractivity contribution >= 4 is 64.5 Å². The lowest BCUT2D eigenvalue weighted by Gasteiger charge is -2.27. The van der Waals surface area contributed by atoms with Crippen LogP contribution in [0.25, 0.3) is 0 Å². The molecule has 2 aromatic rings. The van der Waals surface area contributed by atoms with Gasteiger partial charge in [0.2, 0.25) is 0 Å². The van der Waals surface area contributed by atoms with Crippen molar-refractivity contribution in [1.29, 1.82) is 0 Å². The van der Waals surface area contributed by atoms with Crippen molar-refractivity contribution in [2.24, 2.45) is 0 Å². The van der Waals surface area contributed by atoms with Crippen LogP contribution < -0.4 is 9.80 Å². The average Bonchev–Trinajstić information content (AvgIpc) is 2.91. The molecule has 0 saturated heterocycles. The summed E-state index contributed by atoms with van der Waals surface area (Å²) in [5, 5.41) is 0. The van der Waals surface area contributed by atoms with Gasteiger partial charge in [-0.3, -0.25) is 27.8 Å². The van der Waals surface area contributed by atoms with E-state index < -0.39 is 79.6 Å². The highest BCUT2D eigenvalue weighted by Gasteiger charge is 2.31. The first kappa shape index (κ1) is 37.3. The summed E-state index contributed by atoms with van der Waals surface area (Å²) in [4.78, 5) is 29.5. The Morgan fingerprint density at radius 2 is 0.717 bits per heavy atom. The molecule has 0 saturated carbocycles. The second-order valence-electron chi connectivity index (χ2n) is 9.09. The van der Waals surface area contributed by atoms with Crippen molar-refractivity contribution in [2.75, 3.05) is 62.4 Å². The van der Waals surface area contributed by atoms with Crippen LogP contribution in [-0.2, 0) is 58.3 Å². The molecule has 46 heavy (non-hydrogen) atoms. The minimum atomic E-state index is -4.84. The summed E-state index contributed by atoms with van der Waals surface area (Å²) in [5.41, 5.74) is -0.0546. The lowest BCUT2D eigenvalue weighted by molar-refractivity contribution is 0.0979. The Balaban J connectivity index is 1.95. The van der Waals surface area contributed by atoms with Crippen molar-refractivity contribution in [3.05, 3.63) is 58.7 Å². The molecule has 24 heteroatoms. The average molecular weight is 735 g/mol. The molecule has 0 aliphatic heterocycles. The molecule has 0 unspecified atom stereocenters. The molecule has 0 amide bonds. The standard InChI is InChI=1S/C22H26N2O18S4/c25-21-17-3-1-15(23(5-9-39-43(27,28)29)6-10-40-44(30,31)32)13-19(17)22(26)20-14-16(2-4-18(20)21)24(7-11-41-45(33,34)35)8-12-42-46(36,37)38/h1-4,13-14H,5-12H2,(H,27,28,29)(H,30,31,32)(H,33,34,35)(H,36,37,38). The minimum absolute atomic E-state index is 0.0303. The van der Waals surface area contributed by atoms with E-state index in [0.717, 1.165) is 0 Å². The number of nitrogens with zero attached hydrogens (tertiary/aromatic N) is 2. The first-order valence-corrected chi connectivity index (χ1v) is 17.9. The molecule has 0 aromatic heterocycles. The Morgan fingerprint density at radius 3 is 0.978 bits per heavy atom. The number of anilines is 2. The molecule has 1 aliphatic carbocycles. The van der Waals surface area contributed by atoms with Crippen molar-refractivity contribution in [2.45, 2.75) is 0 Å². The highest BCUT2D eigenvalue weighted by molar-refractivity contribution is 7.81. The third-order valence-electron chi connectivity index (χ3n) is 6.09. The largest absolute Gasteiger partial charge is 0.397 e. The molecule has 256 valence electrons. The second-order valence-corrected chi connectivity index (χ2v) is 13.5. The predicted octanol–water partition coefficient (Wildman–Crippen LogP) is -0.648. The summed E-state index contributed by atoms with van der Waals surface area (Å²) in [5.74, 6) is -1.28. The quantitative estimate of drug-likeness (QED) is 0.118. The van der Waals surface area contributed by atoms with Crippen LogP contribution in [-0.4, -0.2) is 116 Å². The third kappa shape index (κ3) is 11.6. The van der Waals surface area contributed by atoms with Gasteiger partial charge in [-0.05, 0) is 36.4 Å². The molecule has 1 aliphatic rings. The molecular weight excluding hydrogens is 709 g/mol. The molecular formula is C22H26N2O18S4. The van der Waals surface area contributed by atoms with Gasteiger partial charge in [0.25, 0.3) is 0 Å². The molecule has 0 radical (unpaired) electrons. The highest BCUT2D eigenvalue weighted by Crippen LogP contribution is 2.32. The number of ketones is 2. The van der Waals surface area contributed by atoms with E-state index in [-0.39, 0.29) is 59.8 Å². The zero-order chi connectivity index (χ0) is 34.5. The third-order valence-corrected chi connectivity index (χ3v) is 7.95. The van der Waals surface area contributed by atoms with Crippen LogP contribution in [0.1, 0.15) is 31.8 Å². The SMILES string of the molecule is O=C1c2ccc(N(CCOS(=O)(=O)O)CCOS(=O)(=O)O)cc2C(=O)c2cc(N(CCOS(=O)(=O)O)CCOS(=O)(=O)O)ccc21. The van der Waals surface area contributed by atoms with Crippen molar-refractivity contribution in [1.82, 2.24) is 0 Å². The van der Waals surface area contributed by atoms with Gasteiger partial charge in [-0.25, -0.2) is 16.7 Å². The van der Waals surface area contributed by atoms with Gasteiger partial charge in [0, 0.05) is 59.8 Å². The second kappa shape index (κ2) is 14.7. The van der Waals surface area contributed by atoms with E-state index >= 15 is 0 Å². The Bertz CT molecular complexity index is 1700. The zero-order valence-electron chi connectivity index (χ0n) is 23.2. The fraction of sp³-hybridized carbons (Fsp3) is 0.364. The smallest absolute Gasteiger partial charge is 0.367 e. The fourth-order valence-electron chi connectivity index (χ4n) is 4.27. The molecule has 20 nitrogen and oxygen atoms in total. The maximum absolute atomic E-state index is 13.6. The van der Waals surface area contributed by atoms with Crippen LogP contribution in [0.15, 0.2) is 36.4 Å². The van der Waals surface area contributed by atoms with Crippen LogP contribution >= 0.6 is 0 Å². The topological polar surface area (TPSA) is 295 Å². The van der Waals surface area contributed by atoms with E-state index in [1.807, 2.05) is 0 Å². The maximum atomic E-state index is 13.6. The van der Waals surface area contributed by atoms with E-state index in [1.54, 1.807) is 0 Å². The van der Waals surface area contributed by atoms with Crippen molar-refractivity contribution < 1.29 is 78.2 Å². The number of hydrogen-bond acceptors (Lipinski definition) is 16. The minimum Gasteiger partial charge on any atom is -0.367 e. The van der Waals surface area contributed by atoms with Crippen LogP contribution in [0.2, 0.25) is 0 Å². The van der Waals surface area contributed by atoms with Crippen LogP contribution in [0, 0.1) is 0 Å². The molecule has 2 aromatic carbocycles. The number of carbonyl (C=O) groups excluding carboxylic acids is 2. The van der Waals surface area contributed by atoms with E-state index in [1.165, 1.54) is 46.2 Å². The number of fused-ring (bicyclic) bond motifs is 2. The summed E-state index contributed by atoms with van der Waals surface area (Å²) in [6.07, 6.45) is 0. The molecule has 3 rings (SSSR count). The fourth-order valence-corrected chi connectivity index (χ4v) is 5.41. The van der Waals surface area contributed by atoms with Crippen molar-refractivity contribution in [3.8, 4) is 0 Å². The Labute approximate surface area is 263 Å². The number of carbonyl (C=O) groups is 2. The molecule has 0 atom stereocenters. The van der Waals surface area contributed by atoms with Crippen LogP contribution in [0.5, 0.6) is 0 Å². The zero-order valence-corrected chi connectivity index (χ0v) is 26.4. The molecule has 4 N–H and O–H groups in total. The normalized spacial score (nSPS) is 13.7. The van der Waals surface area contributed by atoms with E-state index in [0.29, 0.717) is 0 Å². The van der Waals surface area contributed by atoms with Gasteiger partial charge in [-0.2, -0.15) is 33.7 Å². The monoisotopic (exact) mass is 734 g/mol. The van der Waals surface area contributed by atoms with Gasteiger partial charge in [-0.15, -0.1) is 0 Å². The van der Waals surface area contributed by atoms with E-state index in [2.05, 4.69) is 16.7 Å². The summed E-state index contributed by atoms with van der Waals surface area (Å²) in [6.45, 7) is -3.83. The van der Waals surface area contributed by atoms with Gasteiger partial charge in [0.1, 0.15) is 0 Å². The van der Waals surface area contributed by atoms with Gasteiger partial charge in [0.05, 0.1) is 26.4 Å². The summed E-state index contributed by atoms with van der Waals surface area (Å²) in [7, 11) is -19.4. The highest BCUT2D eigenvalue weighted by atomic mass is 32.3. The first-order valence-electron chi connectivity index (χ1n) is 12.5. The van der Waals surface area contributed by atoms with Gasteiger partial charge >= 0.3 is 41.6 Å². The van der Waals surface area contributed by atoms with Gasteiger partial charge in [0.15, 0.2) is 11.6 Å². The first-order chi connectivity index (χ1) is 21.1. The van der Waals surface area contributed by atoms with E-state index in [9.17, 15) is 43.3 Å². The molecule has 0 fully saturated rings. The predicted molar refractivity (Wildman–Crippen MR) is 154 cm³/mol. The number of benzene rings is 2. The van der Waals surface area contributed by atoms with Gasteiger partial charge in [-0.1, -0.05) is 0 Å². The molecule has 0 heterocycles. The van der Waals surface area contributed by atoms with Crippen LogP contribution in [0.3, 0.4) is 0 Å². The lowest BCUT2D eigenvalue weighted by atomic mass is 9.83. The number of hydrogen-bond donors (Lipinski definition) is 4. The Hall–Kier alpha value is -3.14. The Kier molecular flexibility index (Phi) is 12.0. The van der Waals surface area contributed by atoms with Gasteiger partial charge < -0.3 is 9.80 Å². The molecule has 0 spiro atoms. The summed E-state index contributed by atoms with van der Waals surface area (Å²) < 4.78 is 140. The molecule has 0 bridgehead atoms. The number of rotatable bonds is 18. The van der Waals surface area contributed by atoms with E-state index in [4.69, 9.17) is 18.2 Å². The lowest BCUT2D eigenvalue weighted by Crippen LogP contribution is -2.33. The van der Waals surface area contributed by atoms with Crippen LogP contribution in [0.4, 0.5) is 11.4 Å². The van der Waals surface area contributed by atoms with Crippen molar-refractivity contribution in [3.63, 3.8) is 0 Å².